The van der Waals surface area contributed by atoms with Gasteiger partial charge in [-0.25, -0.2) is 0 Å². The lowest BCUT2D eigenvalue weighted by atomic mass is 10.1. The van der Waals surface area contributed by atoms with Crippen LogP contribution < -0.4 is 4.74 Å². The molecule has 0 saturated heterocycles. The van der Waals surface area contributed by atoms with Gasteiger partial charge in [-0.2, -0.15) is 0 Å². The summed E-state index contributed by atoms with van der Waals surface area (Å²) in [5, 5.41) is 0.582. The number of hydrogen-bond donors (Lipinski definition) is 0. The Hall–Kier alpha value is -1.58. The van der Waals surface area contributed by atoms with Gasteiger partial charge in [0.2, 0.25) is 0 Å². The first kappa shape index (κ1) is 17.5. The molecule has 1 aromatic rings. The molecule has 0 bridgehead atoms. The Balaban J connectivity index is 2.89. The van der Waals surface area contributed by atoms with E-state index in [1.165, 1.54) is 0 Å². The number of ether oxygens (including phenoxy) is 2. The molecule has 0 amide bonds. The number of aliphatic imine (C=N–C) groups is 1. The highest BCUT2D eigenvalue weighted by Gasteiger charge is 2.04. The summed E-state index contributed by atoms with van der Waals surface area (Å²) < 4.78 is 10.5. The van der Waals surface area contributed by atoms with Crippen molar-refractivity contribution in [1.29, 1.82) is 0 Å². The molecule has 0 radical (unpaired) electrons. The van der Waals surface area contributed by atoms with E-state index in [-0.39, 0.29) is 0 Å². The number of halogens is 1. The Morgan fingerprint density at radius 1 is 1.29 bits per heavy atom. The van der Waals surface area contributed by atoms with Crippen molar-refractivity contribution in [2.24, 2.45) is 4.99 Å². The summed E-state index contributed by atoms with van der Waals surface area (Å²) in [4.78, 5) is 4.35. The number of benzene rings is 1. The number of methoxy groups -OCH3 is 1. The smallest absolute Gasteiger partial charge is 0.118 e. The van der Waals surface area contributed by atoms with Crippen molar-refractivity contribution in [2.75, 3.05) is 20.3 Å². The van der Waals surface area contributed by atoms with E-state index >= 15 is 0 Å². The first-order chi connectivity index (χ1) is 10.2. The lowest BCUT2D eigenvalue weighted by Gasteiger charge is -2.05. The highest BCUT2D eigenvalue weighted by Crippen LogP contribution is 2.25. The average Bonchev–Trinajstić information content (AvgIpc) is 2.52. The molecule has 4 heteroatoms. The summed E-state index contributed by atoms with van der Waals surface area (Å²) in [5.41, 5.74) is 1.67. The molecule has 0 unspecified atom stereocenters. The van der Waals surface area contributed by atoms with Crippen molar-refractivity contribution in [3.63, 3.8) is 0 Å². The molecule has 0 aliphatic rings. The zero-order valence-electron chi connectivity index (χ0n) is 12.8. The third-order valence-electron chi connectivity index (χ3n) is 2.67. The van der Waals surface area contributed by atoms with Crippen LogP contribution in [-0.4, -0.2) is 26.5 Å². The second-order valence-electron chi connectivity index (χ2n) is 4.29. The van der Waals surface area contributed by atoms with E-state index in [1.54, 1.807) is 13.3 Å². The van der Waals surface area contributed by atoms with E-state index in [0.717, 1.165) is 30.0 Å². The van der Waals surface area contributed by atoms with Crippen LogP contribution in [-0.2, 0) is 4.74 Å². The largest absolute Gasteiger partial charge is 0.497 e. The zero-order chi connectivity index (χ0) is 15.5. The van der Waals surface area contributed by atoms with E-state index in [4.69, 9.17) is 21.1 Å². The molecule has 3 nitrogen and oxygen atoms in total. The predicted octanol–water partition coefficient (Wildman–Crippen LogP) is 4.68. The van der Waals surface area contributed by atoms with Crippen LogP contribution in [0.3, 0.4) is 0 Å². The molecule has 0 N–H and O–H groups in total. The highest BCUT2D eigenvalue weighted by atomic mass is 35.5. The molecule has 1 rings (SSSR count). The lowest BCUT2D eigenvalue weighted by Crippen LogP contribution is -1.92. The molecule has 1 aromatic carbocycles. The minimum Gasteiger partial charge on any atom is -0.497 e. The van der Waals surface area contributed by atoms with Crippen LogP contribution in [0.1, 0.15) is 25.8 Å². The molecule has 0 aliphatic carbocycles. The molecule has 0 atom stereocenters. The van der Waals surface area contributed by atoms with E-state index in [2.05, 4.69) is 11.9 Å². The average molecular weight is 308 g/mol. The minimum atomic E-state index is 0.551. The Labute approximate surface area is 131 Å². The topological polar surface area (TPSA) is 30.8 Å². The van der Waals surface area contributed by atoms with Gasteiger partial charge in [0, 0.05) is 18.4 Å². The minimum absolute atomic E-state index is 0.551. The zero-order valence-corrected chi connectivity index (χ0v) is 13.6. The Kier molecular flexibility index (Phi) is 8.48. The van der Waals surface area contributed by atoms with Crippen LogP contribution in [0.5, 0.6) is 5.75 Å². The van der Waals surface area contributed by atoms with Gasteiger partial charge in [0.15, 0.2) is 0 Å². The molecule has 114 valence electrons. The molecule has 0 fully saturated rings. The normalized spacial score (nSPS) is 13.0. The van der Waals surface area contributed by atoms with Crippen molar-refractivity contribution >= 4 is 23.5 Å². The maximum absolute atomic E-state index is 6.34. The van der Waals surface area contributed by atoms with Gasteiger partial charge in [-0.05, 0) is 43.7 Å². The van der Waals surface area contributed by atoms with Gasteiger partial charge >= 0.3 is 0 Å². The van der Waals surface area contributed by atoms with Crippen LogP contribution in [0.25, 0.3) is 5.70 Å². The molecule has 0 heterocycles. The van der Waals surface area contributed by atoms with E-state index < -0.39 is 0 Å². The molecule has 0 saturated carbocycles. The van der Waals surface area contributed by atoms with Gasteiger partial charge in [0.05, 0.1) is 24.4 Å². The van der Waals surface area contributed by atoms with E-state index in [9.17, 15) is 0 Å². The number of allylic oxidation sites excluding steroid dienone is 2. The van der Waals surface area contributed by atoms with Crippen LogP contribution in [0.2, 0.25) is 0 Å². The number of rotatable bonds is 8. The quantitative estimate of drug-likeness (QED) is 0.397. The van der Waals surface area contributed by atoms with Crippen molar-refractivity contribution in [3.05, 3.63) is 47.0 Å². The SMILES string of the molecule is CC=N/C(=C(Cl)\C=C\COCCC)c1ccc(OC)cc1. The second kappa shape index (κ2) is 10.2. The van der Waals surface area contributed by atoms with Gasteiger partial charge in [-0.15, -0.1) is 0 Å². The van der Waals surface area contributed by atoms with Crippen molar-refractivity contribution in [3.8, 4) is 5.75 Å². The van der Waals surface area contributed by atoms with Gasteiger partial charge in [-0.1, -0.05) is 24.6 Å². The van der Waals surface area contributed by atoms with Crippen LogP contribution in [0.15, 0.2) is 46.4 Å². The van der Waals surface area contributed by atoms with Gasteiger partial charge in [0.1, 0.15) is 5.75 Å². The van der Waals surface area contributed by atoms with Gasteiger partial charge < -0.3 is 9.47 Å². The van der Waals surface area contributed by atoms with E-state index in [0.29, 0.717) is 11.6 Å². The van der Waals surface area contributed by atoms with Crippen molar-refractivity contribution in [1.82, 2.24) is 0 Å². The Morgan fingerprint density at radius 2 is 2.00 bits per heavy atom. The van der Waals surface area contributed by atoms with Crippen molar-refractivity contribution in [2.45, 2.75) is 20.3 Å². The standard InChI is InChI=1S/C17H22ClNO2/c1-4-12-21-13-6-7-16(18)17(19-5-2)14-8-10-15(20-3)11-9-14/h5-11H,4,12-13H2,1-3H3/b7-6+,17-16+,19-5?. The van der Waals surface area contributed by atoms with E-state index in [1.807, 2.05) is 43.3 Å². The monoisotopic (exact) mass is 307 g/mol. The molecular formula is C17H22ClNO2. The maximum atomic E-state index is 6.34. The van der Waals surface area contributed by atoms with Gasteiger partial charge in [0.25, 0.3) is 0 Å². The maximum Gasteiger partial charge on any atom is 0.118 e. The number of nitrogens with zero attached hydrogens (tertiary/aromatic N) is 1. The summed E-state index contributed by atoms with van der Waals surface area (Å²) in [5.74, 6) is 0.804. The molecule has 0 spiro atoms. The van der Waals surface area contributed by atoms with Gasteiger partial charge in [-0.3, -0.25) is 4.99 Å². The summed E-state index contributed by atoms with van der Waals surface area (Å²) in [6.45, 7) is 5.25. The first-order valence-corrected chi connectivity index (χ1v) is 7.37. The Bertz CT molecular complexity index is 504. The molecule has 0 aromatic heterocycles. The Morgan fingerprint density at radius 3 is 2.57 bits per heavy atom. The van der Waals surface area contributed by atoms with Crippen LogP contribution in [0, 0.1) is 0 Å². The fraction of sp³-hybridized carbons (Fsp3) is 0.353. The fourth-order valence-corrected chi connectivity index (χ4v) is 1.93. The number of hydrogen-bond acceptors (Lipinski definition) is 3. The van der Waals surface area contributed by atoms with Crippen LogP contribution >= 0.6 is 11.6 Å². The third-order valence-corrected chi connectivity index (χ3v) is 2.98. The van der Waals surface area contributed by atoms with Crippen LogP contribution in [0.4, 0.5) is 0 Å². The summed E-state index contributed by atoms with van der Waals surface area (Å²) in [6, 6.07) is 7.65. The molecular weight excluding hydrogens is 286 g/mol. The predicted molar refractivity (Wildman–Crippen MR) is 90.2 cm³/mol. The first-order valence-electron chi connectivity index (χ1n) is 7.00. The van der Waals surface area contributed by atoms with Crippen molar-refractivity contribution < 1.29 is 9.47 Å². The summed E-state index contributed by atoms with van der Waals surface area (Å²) in [7, 11) is 1.64. The molecule has 0 aliphatic heterocycles. The highest BCUT2D eigenvalue weighted by molar-refractivity contribution is 6.34. The lowest BCUT2D eigenvalue weighted by molar-refractivity contribution is 0.163. The third kappa shape index (κ3) is 6.15. The summed E-state index contributed by atoms with van der Waals surface area (Å²) in [6.07, 6.45) is 6.45. The second-order valence-corrected chi connectivity index (χ2v) is 4.70. The summed E-state index contributed by atoms with van der Waals surface area (Å²) >= 11 is 6.34. The fourth-order valence-electron chi connectivity index (χ4n) is 1.68. The molecule has 21 heavy (non-hydrogen) atoms.